The molecule has 2 heterocycles. The molecular formula is C13H16N2O3. The second kappa shape index (κ2) is 3.46. The Labute approximate surface area is 105 Å². The van der Waals surface area contributed by atoms with E-state index >= 15 is 0 Å². The second-order valence-corrected chi connectivity index (χ2v) is 5.46. The van der Waals surface area contributed by atoms with Crippen LogP contribution in [0.1, 0.15) is 27.7 Å². The van der Waals surface area contributed by atoms with Gasteiger partial charge >= 0.3 is 0 Å². The van der Waals surface area contributed by atoms with E-state index in [1.165, 1.54) is 11.6 Å². The van der Waals surface area contributed by atoms with Crippen LogP contribution in [0.4, 0.5) is 5.69 Å². The molecule has 0 spiro atoms. The van der Waals surface area contributed by atoms with E-state index in [0.29, 0.717) is 0 Å². The highest BCUT2D eigenvalue weighted by Crippen LogP contribution is 2.40. The molecule has 1 aromatic heterocycles. The number of benzene rings is 1. The fourth-order valence-electron chi connectivity index (χ4n) is 1.72. The minimum absolute atomic E-state index is 0.397. The summed E-state index contributed by atoms with van der Waals surface area (Å²) in [7, 11) is 0. The zero-order chi connectivity index (χ0) is 13.0. The highest BCUT2D eigenvalue weighted by Gasteiger charge is 2.50. The lowest BCUT2D eigenvalue weighted by atomic mass is 9.90. The zero-order valence-electron chi connectivity index (χ0n) is 10.9. The smallest absolute Gasteiger partial charge is 0.181 e. The lowest BCUT2D eigenvalue weighted by molar-refractivity contribution is -0.0272. The normalized spacial score (nSPS) is 21.7. The summed E-state index contributed by atoms with van der Waals surface area (Å²) in [6.07, 6.45) is 1.42. The van der Waals surface area contributed by atoms with Gasteiger partial charge in [0, 0.05) is 0 Å². The average Bonchev–Trinajstić information content (AvgIpc) is 2.80. The fraction of sp³-hybridized carbons (Fsp3) is 0.462. The Hall–Kier alpha value is -1.59. The summed E-state index contributed by atoms with van der Waals surface area (Å²) in [5, 5.41) is 1.45. The predicted octanol–water partition coefficient (Wildman–Crippen LogP) is 3.07. The maximum absolute atomic E-state index is 5.83. The number of oxazole rings is 1. The van der Waals surface area contributed by atoms with Gasteiger partial charge in [0.05, 0.1) is 5.69 Å². The Morgan fingerprint density at radius 3 is 2.39 bits per heavy atom. The molecule has 0 atom stereocenters. The van der Waals surface area contributed by atoms with Crippen LogP contribution < -0.4 is 5.23 Å². The second-order valence-electron chi connectivity index (χ2n) is 5.46. The van der Waals surface area contributed by atoms with Gasteiger partial charge in [-0.25, -0.2) is 14.7 Å². The minimum atomic E-state index is -0.397. The van der Waals surface area contributed by atoms with Crippen LogP contribution in [0.5, 0.6) is 0 Å². The van der Waals surface area contributed by atoms with E-state index < -0.39 is 11.2 Å². The van der Waals surface area contributed by atoms with Gasteiger partial charge in [0.25, 0.3) is 0 Å². The first-order valence-corrected chi connectivity index (χ1v) is 5.91. The zero-order valence-corrected chi connectivity index (χ0v) is 10.9. The van der Waals surface area contributed by atoms with Gasteiger partial charge in [-0.1, -0.05) is 0 Å². The molecule has 1 saturated heterocycles. The molecule has 2 aromatic rings. The van der Waals surface area contributed by atoms with Crippen molar-refractivity contribution in [3.05, 3.63) is 24.6 Å². The number of aromatic nitrogens is 1. The molecule has 1 fully saturated rings. The monoisotopic (exact) mass is 248 g/mol. The summed E-state index contributed by atoms with van der Waals surface area (Å²) in [5.74, 6) is 0. The SMILES string of the molecule is CC1(C)ON(c2ccc3ocnc3c2)OC1(C)C. The highest BCUT2D eigenvalue weighted by atomic mass is 17.0. The maximum Gasteiger partial charge on any atom is 0.181 e. The van der Waals surface area contributed by atoms with E-state index in [1.807, 2.05) is 45.9 Å². The number of rotatable bonds is 1. The molecule has 18 heavy (non-hydrogen) atoms. The quantitative estimate of drug-likeness (QED) is 0.776. The number of hydrogen-bond acceptors (Lipinski definition) is 5. The fourth-order valence-corrected chi connectivity index (χ4v) is 1.72. The van der Waals surface area contributed by atoms with Crippen LogP contribution in [-0.2, 0) is 9.68 Å². The van der Waals surface area contributed by atoms with Crippen molar-refractivity contribution in [2.75, 3.05) is 5.23 Å². The topological polar surface area (TPSA) is 47.7 Å². The van der Waals surface area contributed by atoms with Gasteiger partial charge in [0.1, 0.15) is 16.7 Å². The minimum Gasteiger partial charge on any atom is -0.443 e. The highest BCUT2D eigenvalue weighted by molar-refractivity contribution is 5.76. The Morgan fingerprint density at radius 2 is 1.72 bits per heavy atom. The molecule has 0 unspecified atom stereocenters. The summed E-state index contributed by atoms with van der Waals surface area (Å²) >= 11 is 0. The third kappa shape index (κ3) is 1.59. The van der Waals surface area contributed by atoms with Crippen LogP contribution in [0.3, 0.4) is 0 Å². The van der Waals surface area contributed by atoms with Crippen LogP contribution in [0.25, 0.3) is 11.1 Å². The third-order valence-corrected chi connectivity index (χ3v) is 3.60. The molecule has 5 nitrogen and oxygen atoms in total. The summed E-state index contributed by atoms with van der Waals surface area (Å²) < 4.78 is 5.21. The number of hydrogen-bond donors (Lipinski definition) is 0. The van der Waals surface area contributed by atoms with E-state index in [9.17, 15) is 0 Å². The first kappa shape index (κ1) is 11.5. The Bertz CT molecular complexity index is 573. The lowest BCUT2D eigenvalue weighted by Crippen LogP contribution is -2.41. The molecule has 3 rings (SSSR count). The van der Waals surface area contributed by atoms with E-state index in [1.54, 1.807) is 0 Å². The molecule has 1 aromatic carbocycles. The van der Waals surface area contributed by atoms with Crippen LogP contribution in [0.2, 0.25) is 0 Å². The Kier molecular flexibility index (Phi) is 2.21. The van der Waals surface area contributed by atoms with Crippen LogP contribution in [0.15, 0.2) is 29.0 Å². The van der Waals surface area contributed by atoms with Gasteiger partial charge in [0.2, 0.25) is 0 Å². The van der Waals surface area contributed by atoms with E-state index in [2.05, 4.69) is 4.98 Å². The van der Waals surface area contributed by atoms with Crippen molar-refractivity contribution >= 4 is 16.8 Å². The van der Waals surface area contributed by atoms with Gasteiger partial charge in [0.15, 0.2) is 12.0 Å². The molecule has 0 radical (unpaired) electrons. The first-order chi connectivity index (χ1) is 8.39. The van der Waals surface area contributed by atoms with Crippen molar-refractivity contribution in [1.29, 1.82) is 0 Å². The van der Waals surface area contributed by atoms with Crippen molar-refractivity contribution in [3.63, 3.8) is 0 Å². The van der Waals surface area contributed by atoms with Crippen molar-refractivity contribution in [1.82, 2.24) is 4.98 Å². The Morgan fingerprint density at radius 1 is 1.06 bits per heavy atom. The van der Waals surface area contributed by atoms with Gasteiger partial charge < -0.3 is 4.42 Å². The van der Waals surface area contributed by atoms with E-state index in [0.717, 1.165) is 16.8 Å². The predicted molar refractivity (Wildman–Crippen MR) is 66.8 cm³/mol. The number of fused-ring (bicyclic) bond motifs is 1. The van der Waals surface area contributed by atoms with Crippen LogP contribution in [-0.4, -0.2) is 16.2 Å². The van der Waals surface area contributed by atoms with Gasteiger partial charge in [-0.15, -0.1) is 5.23 Å². The number of anilines is 1. The largest absolute Gasteiger partial charge is 0.443 e. The summed E-state index contributed by atoms with van der Waals surface area (Å²) in [6.45, 7) is 8.01. The van der Waals surface area contributed by atoms with Gasteiger partial charge in [-0.05, 0) is 45.9 Å². The Balaban J connectivity index is 1.96. The molecule has 0 bridgehead atoms. The maximum atomic E-state index is 5.83. The van der Waals surface area contributed by atoms with E-state index in [4.69, 9.17) is 14.1 Å². The standard InChI is InChI=1S/C13H16N2O3/c1-12(2)13(3,4)18-15(17-12)9-5-6-11-10(7-9)14-8-16-11/h5-8H,1-4H3. The van der Waals surface area contributed by atoms with E-state index in [-0.39, 0.29) is 0 Å². The van der Waals surface area contributed by atoms with Gasteiger partial charge in [-0.3, -0.25) is 0 Å². The van der Waals surface area contributed by atoms with Crippen molar-refractivity contribution in [3.8, 4) is 0 Å². The molecule has 0 saturated carbocycles. The molecule has 96 valence electrons. The molecule has 1 aliphatic heterocycles. The summed E-state index contributed by atoms with van der Waals surface area (Å²) in [6, 6.07) is 5.60. The van der Waals surface area contributed by atoms with Crippen molar-refractivity contribution in [2.45, 2.75) is 38.9 Å². The summed E-state index contributed by atoms with van der Waals surface area (Å²) in [4.78, 5) is 15.8. The number of nitrogens with zero attached hydrogens (tertiary/aromatic N) is 2. The molecule has 0 amide bonds. The first-order valence-electron chi connectivity index (χ1n) is 5.91. The molecule has 0 aliphatic carbocycles. The molecule has 0 N–H and O–H groups in total. The van der Waals surface area contributed by atoms with Gasteiger partial charge in [-0.2, -0.15) is 0 Å². The van der Waals surface area contributed by atoms with Crippen molar-refractivity contribution < 1.29 is 14.1 Å². The third-order valence-electron chi connectivity index (χ3n) is 3.60. The van der Waals surface area contributed by atoms with Crippen LogP contribution >= 0.6 is 0 Å². The van der Waals surface area contributed by atoms with Crippen LogP contribution in [0, 0.1) is 0 Å². The average molecular weight is 248 g/mol. The molecule has 1 aliphatic rings. The molecule has 5 heteroatoms. The lowest BCUT2D eigenvalue weighted by Gasteiger charge is -2.26. The molecular weight excluding hydrogens is 232 g/mol. The van der Waals surface area contributed by atoms with Crippen molar-refractivity contribution in [2.24, 2.45) is 0 Å². The summed E-state index contributed by atoms with van der Waals surface area (Å²) in [5.41, 5.74) is 1.53.